The van der Waals surface area contributed by atoms with Crippen LogP contribution >= 0.6 is 0 Å². The van der Waals surface area contributed by atoms with Crippen LogP contribution in [0.2, 0.25) is 0 Å². The molecule has 3 aromatic rings. The Balaban J connectivity index is 1.50. The fourth-order valence-electron chi connectivity index (χ4n) is 3.08. The van der Waals surface area contributed by atoms with Gasteiger partial charge in [0, 0.05) is 12.0 Å². The van der Waals surface area contributed by atoms with Crippen molar-refractivity contribution in [1.29, 1.82) is 0 Å². The molecule has 0 fully saturated rings. The minimum atomic E-state index is -0.670. The van der Waals surface area contributed by atoms with Crippen molar-refractivity contribution in [3.63, 3.8) is 0 Å². The third kappa shape index (κ3) is 5.84. The van der Waals surface area contributed by atoms with Crippen molar-refractivity contribution in [1.82, 2.24) is 0 Å². The summed E-state index contributed by atoms with van der Waals surface area (Å²) in [6.45, 7) is 2.10. The first-order valence-electron chi connectivity index (χ1n) is 9.64. The summed E-state index contributed by atoms with van der Waals surface area (Å²) in [6, 6.07) is 26.0. The molecule has 0 unspecified atom stereocenters. The first-order valence-corrected chi connectivity index (χ1v) is 9.64. The first-order chi connectivity index (χ1) is 13.8. The summed E-state index contributed by atoms with van der Waals surface area (Å²) < 4.78 is 11.3. The van der Waals surface area contributed by atoms with Crippen molar-refractivity contribution in [3.8, 4) is 11.5 Å². The number of rotatable bonds is 10. The summed E-state index contributed by atoms with van der Waals surface area (Å²) in [7, 11) is 1.64. The molecular weight excluding hydrogens is 350 g/mol. The molecule has 3 aromatic carbocycles. The van der Waals surface area contributed by atoms with E-state index in [0.29, 0.717) is 11.5 Å². The molecule has 0 aliphatic rings. The Labute approximate surface area is 166 Å². The number of hydrogen-bond donors (Lipinski definition) is 2. The van der Waals surface area contributed by atoms with Crippen molar-refractivity contribution in [3.05, 3.63) is 95.6 Å². The Kier molecular flexibility index (Phi) is 7.47. The zero-order valence-corrected chi connectivity index (χ0v) is 16.3. The molecule has 0 aliphatic heterocycles. The van der Waals surface area contributed by atoms with Gasteiger partial charge in [-0.3, -0.25) is 0 Å². The van der Waals surface area contributed by atoms with Gasteiger partial charge in [0.05, 0.1) is 13.7 Å². The number of benzene rings is 3. The SMILES string of the molecule is COc1cc(C[NH2+]CCc2ccccc2)ccc1OC[C@H](O)c1ccccc1. The van der Waals surface area contributed by atoms with E-state index in [1.54, 1.807) is 7.11 Å². The monoisotopic (exact) mass is 378 g/mol. The fourth-order valence-corrected chi connectivity index (χ4v) is 3.08. The standard InChI is InChI=1S/C24H27NO3/c1-27-24-16-20(17-25-15-14-19-8-4-2-5-9-19)12-13-23(24)28-18-22(26)21-10-6-3-7-11-21/h2-13,16,22,25-26H,14-15,17-18H2,1H3/p+1/t22-/m0/s1. The molecular formula is C24H28NO3+. The molecule has 0 aliphatic carbocycles. The zero-order chi connectivity index (χ0) is 19.6. The molecule has 0 bridgehead atoms. The molecule has 3 rings (SSSR count). The molecule has 4 nitrogen and oxygen atoms in total. The minimum Gasteiger partial charge on any atom is -0.493 e. The molecule has 4 heteroatoms. The topological polar surface area (TPSA) is 55.3 Å². The van der Waals surface area contributed by atoms with E-state index in [1.807, 2.05) is 54.6 Å². The molecule has 28 heavy (non-hydrogen) atoms. The van der Waals surface area contributed by atoms with Gasteiger partial charge in [0.1, 0.15) is 19.3 Å². The maximum atomic E-state index is 10.3. The number of methoxy groups -OCH3 is 1. The van der Waals surface area contributed by atoms with E-state index in [-0.39, 0.29) is 6.61 Å². The minimum absolute atomic E-state index is 0.183. The average molecular weight is 378 g/mol. The van der Waals surface area contributed by atoms with Gasteiger partial charge in [0.15, 0.2) is 11.5 Å². The molecule has 1 atom stereocenters. The Hall–Kier alpha value is -2.82. The third-order valence-corrected chi connectivity index (χ3v) is 4.67. The van der Waals surface area contributed by atoms with Gasteiger partial charge >= 0.3 is 0 Å². The van der Waals surface area contributed by atoms with Gasteiger partial charge in [-0.1, -0.05) is 60.7 Å². The second-order valence-electron chi connectivity index (χ2n) is 6.74. The summed E-state index contributed by atoms with van der Waals surface area (Å²) in [4.78, 5) is 0. The Morgan fingerprint density at radius 3 is 2.29 bits per heavy atom. The Morgan fingerprint density at radius 2 is 1.57 bits per heavy atom. The number of hydrogen-bond acceptors (Lipinski definition) is 3. The van der Waals surface area contributed by atoms with E-state index < -0.39 is 6.10 Å². The molecule has 3 N–H and O–H groups in total. The molecule has 0 spiro atoms. The van der Waals surface area contributed by atoms with Crippen LogP contribution in [0.3, 0.4) is 0 Å². The average Bonchev–Trinajstić information content (AvgIpc) is 2.76. The quantitative estimate of drug-likeness (QED) is 0.533. The van der Waals surface area contributed by atoms with Crippen molar-refractivity contribution in [2.75, 3.05) is 20.3 Å². The summed E-state index contributed by atoms with van der Waals surface area (Å²) >= 11 is 0. The van der Waals surface area contributed by atoms with Gasteiger partial charge in [0.25, 0.3) is 0 Å². The Bertz CT molecular complexity index is 837. The number of ether oxygens (including phenoxy) is 2. The van der Waals surface area contributed by atoms with Gasteiger partial charge in [-0.2, -0.15) is 0 Å². The maximum Gasteiger partial charge on any atom is 0.161 e. The molecule has 146 valence electrons. The number of quaternary nitrogens is 1. The molecule has 0 amide bonds. The van der Waals surface area contributed by atoms with Crippen molar-refractivity contribution in [2.24, 2.45) is 0 Å². The van der Waals surface area contributed by atoms with Crippen LogP contribution in [0.1, 0.15) is 22.8 Å². The van der Waals surface area contributed by atoms with Gasteiger partial charge in [-0.15, -0.1) is 0 Å². The fraction of sp³-hybridized carbons (Fsp3) is 0.250. The van der Waals surface area contributed by atoms with Crippen LogP contribution < -0.4 is 14.8 Å². The normalized spacial score (nSPS) is 11.8. The molecule has 0 heterocycles. The van der Waals surface area contributed by atoms with Crippen LogP contribution in [0.4, 0.5) is 0 Å². The summed E-state index contributed by atoms with van der Waals surface area (Å²) in [5.74, 6) is 1.33. The van der Waals surface area contributed by atoms with Crippen molar-refractivity contribution in [2.45, 2.75) is 19.1 Å². The largest absolute Gasteiger partial charge is 0.493 e. The van der Waals surface area contributed by atoms with E-state index in [1.165, 1.54) is 11.1 Å². The van der Waals surface area contributed by atoms with Crippen LogP contribution in [0.25, 0.3) is 0 Å². The van der Waals surface area contributed by atoms with Gasteiger partial charge in [-0.05, 0) is 29.3 Å². The highest BCUT2D eigenvalue weighted by Crippen LogP contribution is 2.29. The lowest BCUT2D eigenvalue weighted by Crippen LogP contribution is -2.83. The van der Waals surface area contributed by atoms with E-state index >= 15 is 0 Å². The van der Waals surface area contributed by atoms with Crippen LogP contribution in [0.15, 0.2) is 78.9 Å². The van der Waals surface area contributed by atoms with Gasteiger partial charge in [-0.25, -0.2) is 0 Å². The van der Waals surface area contributed by atoms with Crippen LogP contribution in [0, 0.1) is 0 Å². The number of nitrogens with two attached hydrogens (primary N) is 1. The van der Waals surface area contributed by atoms with Crippen LogP contribution in [0.5, 0.6) is 11.5 Å². The smallest absolute Gasteiger partial charge is 0.161 e. The lowest BCUT2D eigenvalue weighted by Gasteiger charge is -2.15. The predicted molar refractivity (Wildman–Crippen MR) is 111 cm³/mol. The van der Waals surface area contributed by atoms with E-state index in [9.17, 15) is 5.11 Å². The maximum absolute atomic E-state index is 10.3. The van der Waals surface area contributed by atoms with E-state index in [0.717, 1.165) is 25.1 Å². The number of aliphatic hydroxyl groups is 1. The lowest BCUT2D eigenvalue weighted by molar-refractivity contribution is -0.670. The highest BCUT2D eigenvalue weighted by Gasteiger charge is 2.11. The van der Waals surface area contributed by atoms with Gasteiger partial charge < -0.3 is 19.9 Å². The van der Waals surface area contributed by atoms with Crippen LogP contribution in [-0.2, 0) is 13.0 Å². The first kappa shape index (κ1) is 19.9. The molecule has 0 saturated carbocycles. The number of aliphatic hydroxyl groups excluding tert-OH is 1. The lowest BCUT2D eigenvalue weighted by atomic mass is 10.1. The summed E-state index contributed by atoms with van der Waals surface area (Å²) in [5, 5.41) is 12.6. The molecule has 0 aromatic heterocycles. The summed E-state index contributed by atoms with van der Waals surface area (Å²) in [5.41, 5.74) is 3.38. The second kappa shape index (κ2) is 10.5. The third-order valence-electron chi connectivity index (χ3n) is 4.67. The van der Waals surface area contributed by atoms with Crippen LogP contribution in [-0.4, -0.2) is 25.4 Å². The van der Waals surface area contributed by atoms with E-state index in [2.05, 4.69) is 29.6 Å². The van der Waals surface area contributed by atoms with Crippen molar-refractivity contribution < 1.29 is 19.9 Å². The predicted octanol–water partition coefficient (Wildman–Crippen LogP) is 3.11. The summed E-state index contributed by atoms with van der Waals surface area (Å²) in [6.07, 6.45) is 0.383. The van der Waals surface area contributed by atoms with Gasteiger partial charge in [0.2, 0.25) is 0 Å². The Morgan fingerprint density at radius 1 is 0.857 bits per heavy atom. The molecule has 0 radical (unpaired) electrons. The second-order valence-corrected chi connectivity index (χ2v) is 6.74. The van der Waals surface area contributed by atoms with Crippen molar-refractivity contribution >= 4 is 0 Å². The molecule has 0 saturated heterocycles. The van der Waals surface area contributed by atoms with E-state index in [4.69, 9.17) is 9.47 Å². The highest BCUT2D eigenvalue weighted by molar-refractivity contribution is 5.42. The highest BCUT2D eigenvalue weighted by atomic mass is 16.5. The zero-order valence-electron chi connectivity index (χ0n) is 16.3.